The summed E-state index contributed by atoms with van der Waals surface area (Å²) in [5.41, 5.74) is 1.26. The lowest BCUT2D eigenvalue weighted by Gasteiger charge is -2.26. The van der Waals surface area contributed by atoms with Gasteiger partial charge < -0.3 is 14.6 Å². The number of hydrogen-bond donors (Lipinski definition) is 2. The highest BCUT2D eigenvalue weighted by molar-refractivity contribution is 7.87. The van der Waals surface area contributed by atoms with E-state index in [0.717, 1.165) is 18.6 Å². The zero-order valence-electron chi connectivity index (χ0n) is 21.8. The third kappa shape index (κ3) is 7.62. The molecule has 0 bridgehead atoms. The highest BCUT2D eigenvalue weighted by Crippen LogP contribution is 2.32. The summed E-state index contributed by atoms with van der Waals surface area (Å²) in [6.07, 6.45) is -4.30. The summed E-state index contributed by atoms with van der Waals surface area (Å²) in [6, 6.07) is 10.4. The van der Waals surface area contributed by atoms with E-state index in [1.54, 1.807) is 6.92 Å². The average molecular weight is 595 g/mol. The fourth-order valence-electron chi connectivity index (χ4n) is 4.64. The Morgan fingerprint density at radius 1 is 1.22 bits per heavy atom. The maximum Gasteiger partial charge on any atom is 0.390 e. The number of amides is 1. The Kier molecular flexibility index (Phi) is 8.69. The molecule has 14 heteroatoms. The van der Waals surface area contributed by atoms with E-state index in [4.69, 9.17) is 4.18 Å². The van der Waals surface area contributed by atoms with Gasteiger partial charge in [-0.2, -0.15) is 31.9 Å². The molecule has 9 nitrogen and oxygen atoms in total. The number of carbonyl (C=O) groups excluding carboxylic acids is 1. The lowest BCUT2D eigenvalue weighted by Crippen LogP contribution is -2.40. The van der Waals surface area contributed by atoms with Gasteiger partial charge >= 0.3 is 16.3 Å². The molecule has 1 saturated carbocycles. The highest BCUT2D eigenvalue weighted by Gasteiger charge is 2.31. The second-order valence-corrected chi connectivity index (χ2v) is 11.5. The van der Waals surface area contributed by atoms with E-state index in [-0.39, 0.29) is 28.7 Å². The topological polar surface area (TPSA) is 134 Å². The Labute approximate surface area is 233 Å². The summed E-state index contributed by atoms with van der Waals surface area (Å²) in [5, 5.41) is 26.6. The first kappa shape index (κ1) is 30.0. The molecule has 1 amide bonds. The molecule has 0 aliphatic heterocycles. The first-order valence-corrected chi connectivity index (χ1v) is 14.2. The molecule has 2 aromatic carbocycles. The molecule has 2 unspecified atom stereocenters. The number of nitriles is 1. The first-order valence-electron chi connectivity index (χ1n) is 12.6. The molecule has 0 radical (unpaired) electrons. The second kappa shape index (κ2) is 11.9. The largest absolute Gasteiger partial charge is 0.393 e. The van der Waals surface area contributed by atoms with E-state index >= 15 is 0 Å². The van der Waals surface area contributed by atoms with E-state index in [1.165, 1.54) is 35.0 Å². The number of aliphatic hydroxyl groups is 1. The Balaban J connectivity index is 1.70. The number of aromatic nitrogens is 2. The highest BCUT2D eigenvalue weighted by atomic mass is 32.2. The minimum atomic E-state index is -4.67. The van der Waals surface area contributed by atoms with Crippen molar-refractivity contribution in [2.24, 2.45) is 0 Å². The van der Waals surface area contributed by atoms with Crippen molar-refractivity contribution in [1.82, 2.24) is 15.1 Å². The fourth-order valence-corrected chi connectivity index (χ4v) is 5.61. The van der Waals surface area contributed by atoms with Crippen molar-refractivity contribution in [3.8, 4) is 28.8 Å². The standard InChI is InChI=1S/C27H26F4N4O5S/c1-16-24(26(37)33-20-3-2-4-22(36)14-20)34-35(21-12-17(15-32)11-19(28)13-21)25(16)18-5-7-23(8-6-18)40-41(38,39)10-9-27(29,30)31/h5-8,11-13,20,22,36H,2-4,9-10,14H2,1H3,(H,33,37). The molecule has 41 heavy (non-hydrogen) atoms. The van der Waals surface area contributed by atoms with Gasteiger partial charge in [0.15, 0.2) is 5.69 Å². The summed E-state index contributed by atoms with van der Waals surface area (Å²) in [4.78, 5) is 13.2. The fraction of sp³-hybridized carbons (Fsp3) is 0.370. The molecule has 0 spiro atoms. The molecule has 1 fully saturated rings. The smallest absolute Gasteiger partial charge is 0.390 e. The van der Waals surface area contributed by atoms with Crippen LogP contribution in [0.4, 0.5) is 17.6 Å². The monoisotopic (exact) mass is 594 g/mol. The summed E-state index contributed by atoms with van der Waals surface area (Å²) in [7, 11) is -4.52. The molecule has 3 aromatic rings. The van der Waals surface area contributed by atoms with Crippen LogP contribution < -0.4 is 9.50 Å². The van der Waals surface area contributed by atoms with Crippen molar-refractivity contribution in [1.29, 1.82) is 5.26 Å². The third-order valence-electron chi connectivity index (χ3n) is 6.56. The van der Waals surface area contributed by atoms with Gasteiger partial charge in [-0.25, -0.2) is 9.07 Å². The minimum absolute atomic E-state index is 0.00843. The molecule has 1 aliphatic carbocycles. The number of nitrogens with one attached hydrogen (secondary N) is 1. The van der Waals surface area contributed by atoms with Gasteiger partial charge in [-0.15, -0.1) is 0 Å². The van der Waals surface area contributed by atoms with Crippen LogP contribution in [0, 0.1) is 24.1 Å². The summed E-state index contributed by atoms with van der Waals surface area (Å²) in [6.45, 7) is 1.61. The van der Waals surface area contributed by atoms with Crippen molar-refractivity contribution in [3.63, 3.8) is 0 Å². The van der Waals surface area contributed by atoms with Gasteiger partial charge in [-0.3, -0.25) is 4.79 Å². The predicted octanol–water partition coefficient (Wildman–Crippen LogP) is 4.55. The minimum Gasteiger partial charge on any atom is -0.393 e. The number of halogens is 4. The van der Waals surface area contributed by atoms with Crippen LogP contribution >= 0.6 is 0 Å². The summed E-state index contributed by atoms with van der Waals surface area (Å²) >= 11 is 0. The third-order valence-corrected chi connectivity index (χ3v) is 7.71. The van der Waals surface area contributed by atoms with Crippen LogP contribution in [0.1, 0.15) is 53.7 Å². The number of benzene rings is 2. The van der Waals surface area contributed by atoms with Gasteiger partial charge in [0.1, 0.15) is 11.6 Å². The first-order chi connectivity index (χ1) is 19.2. The molecule has 2 atom stereocenters. The Hall–Kier alpha value is -3.96. The van der Waals surface area contributed by atoms with Crippen LogP contribution in [0.25, 0.3) is 16.9 Å². The van der Waals surface area contributed by atoms with Crippen LogP contribution in [0.5, 0.6) is 5.75 Å². The van der Waals surface area contributed by atoms with Gasteiger partial charge in [-0.05, 0) is 75.1 Å². The Morgan fingerprint density at radius 3 is 2.56 bits per heavy atom. The molecule has 1 aromatic heterocycles. The van der Waals surface area contributed by atoms with Gasteiger partial charge in [0.2, 0.25) is 0 Å². The predicted molar refractivity (Wildman–Crippen MR) is 139 cm³/mol. The van der Waals surface area contributed by atoms with E-state index in [2.05, 4.69) is 10.4 Å². The van der Waals surface area contributed by atoms with Crippen molar-refractivity contribution in [2.75, 3.05) is 5.75 Å². The van der Waals surface area contributed by atoms with Crippen LogP contribution in [0.2, 0.25) is 0 Å². The normalized spacial score (nSPS) is 17.6. The number of nitrogens with zero attached hydrogens (tertiary/aromatic N) is 3. The SMILES string of the molecule is Cc1c(C(=O)NC2CCCC(O)C2)nn(-c2cc(F)cc(C#N)c2)c1-c1ccc(OS(=O)(=O)CCC(F)(F)F)cc1. The molecule has 2 N–H and O–H groups in total. The zero-order chi connectivity index (χ0) is 29.9. The van der Waals surface area contributed by atoms with Crippen molar-refractivity contribution in [3.05, 3.63) is 65.1 Å². The lowest BCUT2D eigenvalue weighted by molar-refractivity contribution is -0.130. The number of aliphatic hydroxyl groups excluding tert-OH is 1. The lowest BCUT2D eigenvalue weighted by atomic mass is 9.93. The number of hydrogen-bond acceptors (Lipinski definition) is 7. The zero-order valence-corrected chi connectivity index (χ0v) is 22.6. The Morgan fingerprint density at radius 2 is 1.93 bits per heavy atom. The summed E-state index contributed by atoms with van der Waals surface area (Å²) in [5.74, 6) is -2.71. The second-order valence-electron chi connectivity index (χ2n) is 9.77. The van der Waals surface area contributed by atoms with E-state index in [1.807, 2.05) is 6.07 Å². The van der Waals surface area contributed by atoms with Crippen LogP contribution in [-0.4, -0.2) is 53.3 Å². The van der Waals surface area contributed by atoms with E-state index in [0.29, 0.717) is 36.1 Å². The summed E-state index contributed by atoms with van der Waals surface area (Å²) < 4.78 is 81.8. The van der Waals surface area contributed by atoms with Crippen LogP contribution in [-0.2, 0) is 10.1 Å². The van der Waals surface area contributed by atoms with Crippen LogP contribution in [0.15, 0.2) is 42.5 Å². The van der Waals surface area contributed by atoms with Crippen molar-refractivity contribution < 1.29 is 40.1 Å². The van der Waals surface area contributed by atoms with Crippen molar-refractivity contribution in [2.45, 2.75) is 57.3 Å². The maximum atomic E-state index is 14.4. The quantitative estimate of drug-likeness (QED) is 0.289. The van der Waals surface area contributed by atoms with E-state index < -0.39 is 46.3 Å². The van der Waals surface area contributed by atoms with Crippen molar-refractivity contribution >= 4 is 16.0 Å². The van der Waals surface area contributed by atoms with Gasteiger partial charge in [-0.1, -0.05) is 0 Å². The average Bonchev–Trinajstić information content (AvgIpc) is 3.24. The maximum absolute atomic E-state index is 14.4. The van der Waals surface area contributed by atoms with Gasteiger partial charge in [0.05, 0.1) is 41.3 Å². The molecular formula is C27H26F4N4O5S. The molecule has 1 aliphatic rings. The molecule has 4 rings (SSSR count). The number of alkyl halides is 3. The molecule has 1 heterocycles. The van der Waals surface area contributed by atoms with E-state index in [9.17, 15) is 41.1 Å². The van der Waals surface area contributed by atoms with Gasteiger partial charge in [0.25, 0.3) is 5.91 Å². The number of carbonyl (C=O) groups is 1. The molecule has 218 valence electrons. The molecule has 0 saturated heterocycles. The number of rotatable bonds is 8. The van der Waals surface area contributed by atoms with Gasteiger partial charge in [0, 0.05) is 17.2 Å². The Bertz CT molecular complexity index is 1580. The van der Waals surface area contributed by atoms with Crippen LogP contribution in [0.3, 0.4) is 0 Å². The molecular weight excluding hydrogens is 568 g/mol.